The summed E-state index contributed by atoms with van der Waals surface area (Å²) in [5.41, 5.74) is 2.94. The molecule has 3 heterocycles. The minimum Gasteiger partial charge on any atom is -0.357 e. The smallest absolute Gasteiger partial charge is 0.271 e. The Kier molecular flexibility index (Phi) is 3.82. The zero-order chi connectivity index (χ0) is 17.6. The van der Waals surface area contributed by atoms with E-state index in [0.29, 0.717) is 18.1 Å². The van der Waals surface area contributed by atoms with Crippen molar-refractivity contribution in [1.29, 1.82) is 0 Å². The van der Waals surface area contributed by atoms with E-state index in [1.807, 2.05) is 17.6 Å². The van der Waals surface area contributed by atoms with Gasteiger partial charge in [0.05, 0.1) is 13.1 Å². The van der Waals surface area contributed by atoms with Crippen LogP contribution in [0.25, 0.3) is 0 Å². The maximum Gasteiger partial charge on any atom is 0.271 e. The van der Waals surface area contributed by atoms with E-state index in [1.165, 1.54) is 5.56 Å². The third-order valence-corrected chi connectivity index (χ3v) is 5.21. The molecule has 0 saturated heterocycles. The third kappa shape index (κ3) is 2.61. The first-order valence-electron chi connectivity index (χ1n) is 8.70. The van der Waals surface area contributed by atoms with Crippen molar-refractivity contribution in [2.45, 2.75) is 51.7 Å². The topological polar surface area (TPSA) is 95.9 Å². The molecule has 4 rings (SSSR count). The number of nitrogens with one attached hydrogen (secondary N) is 2. The summed E-state index contributed by atoms with van der Waals surface area (Å²) in [6, 6.07) is 1.38. The Bertz CT molecular complexity index is 813. The second kappa shape index (κ2) is 6.02. The number of aromatic amines is 1. The van der Waals surface area contributed by atoms with Gasteiger partial charge in [-0.05, 0) is 44.2 Å². The van der Waals surface area contributed by atoms with Crippen LogP contribution in [0.1, 0.15) is 46.2 Å². The van der Waals surface area contributed by atoms with E-state index < -0.39 is 6.04 Å². The molecular formula is C17H22N6O2. The molecule has 1 unspecified atom stereocenters. The van der Waals surface area contributed by atoms with Gasteiger partial charge in [0.15, 0.2) is 5.82 Å². The number of hydrogen-bond donors (Lipinski definition) is 2. The van der Waals surface area contributed by atoms with E-state index in [-0.39, 0.29) is 18.4 Å². The van der Waals surface area contributed by atoms with Crippen molar-refractivity contribution >= 4 is 11.8 Å². The molecule has 0 radical (unpaired) electrons. The fraction of sp³-hybridized carbons (Fsp3) is 0.529. The average Bonchev–Trinajstić information content (AvgIpc) is 3.23. The monoisotopic (exact) mass is 342 g/mol. The van der Waals surface area contributed by atoms with Crippen molar-refractivity contribution in [3.8, 4) is 0 Å². The molecule has 0 aromatic carbocycles. The van der Waals surface area contributed by atoms with Crippen LogP contribution in [0.3, 0.4) is 0 Å². The Balaban J connectivity index is 1.67. The van der Waals surface area contributed by atoms with Crippen LogP contribution in [-0.2, 0) is 30.7 Å². The van der Waals surface area contributed by atoms with Crippen LogP contribution in [-0.4, -0.2) is 49.6 Å². The number of aromatic nitrogens is 4. The molecule has 2 amide bonds. The van der Waals surface area contributed by atoms with Gasteiger partial charge >= 0.3 is 0 Å². The minimum absolute atomic E-state index is 0.157. The summed E-state index contributed by atoms with van der Waals surface area (Å²) in [5, 5.41) is 10.9. The Labute approximate surface area is 145 Å². The molecule has 25 heavy (non-hydrogen) atoms. The van der Waals surface area contributed by atoms with Crippen LogP contribution in [0, 0.1) is 6.92 Å². The number of amides is 2. The van der Waals surface area contributed by atoms with Crippen molar-refractivity contribution in [2.75, 3.05) is 7.05 Å². The summed E-state index contributed by atoms with van der Waals surface area (Å²) in [5.74, 6) is 1.13. The molecule has 0 bridgehead atoms. The lowest BCUT2D eigenvalue weighted by Crippen LogP contribution is -2.53. The Morgan fingerprint density at radius 2 is 2.08 bits per heavy atom. The lowest BCUT2D eigenvalue weighted by atomic mass is 9.98. The number of carbonyl (C=O) groups is 2. The highest BCUT2D eigenvalue weighted by Gasteiger charge is 2.37. The third-order valence-electron chi connectivity index (χ3n) is 5.21. The molecule has 132 valence electrons. The largest absolute Gasteiger partial charge is 0.357 e. The van der Waals surface area contributed by atoms with Crippen LogP contribution in [0.5, 0.6) is 0 Å². The van der Waals surface area contributed by atoms with E-state index in [2.05, 4.69) is 20.5 Å². The predicted octanol–water partition coefficient (Wildman–Crippen LogP) is 0.564. The number of H-pyrrole nitrogens is 1. The molecule has 2 aromatic heterocycles. The van der Waals surface area contributed by atoms with Gasteiger partial charge in [-0.1, -0.05) is 0 Å². The highest BCUT2D eigenvalue weighted by atomic mass is 16.2. The molecule has 1 atom stereocenters. The zero-order valence-corrected chi connectivity index (χ0v) is 14.5. The van der Waals surface area contributed by atoms with Crippen LogP contribution < -0.4 is 5.32 Å². The number of hydrogen-bond acceptors (Lipinski definition) is 4. The molecule has 0 spiro atoms. The van der Waals surface area contributed by atoms with Gasteiger partial charge in [-0.2, -0.15) is 0 Å². The number of aryl methyl sites for hydroxylation is 3. The molecule has 8 heteroatoms. The molecule has 0 saturated carbocycles. The first-order valence-corrected chi connectivity index (χ1v) is 8.70. The second-order valence-electron chi connectivity index (χ2n) is 6.73. The maximum atomic E-state index is 13.1. The minimum atomic E-state index is -0.569. The first-order chi connectivity index (χ1) is 12.1. The number of nitrogens with zero attached hydrogens (tertiary/aromatic N) is 4. The molecule has 2 aromatic rings. The van der Waals surface area contributed by atoms with Crippen molar-refractivity contribution in [1.82, 2.24) is 30.0 Å². The average molecular weight is 342 g/mol. The number of rotatable bonds is 2. The summed E-state index contributed by atoms with van der Waals surface area (Å²) >= 11 is 0. The molecule has 1 aliphatic carbocycles. The van der Waals surface area contributed by atoms with Gasteiger partial charge in [0.1, 0.15) is 17.6 Å². The fourth-order valence-electron chi connectivity index (χ4n) is 3.79. The highest BCUT2D eigenvalue weighted by Crippen LogP contribution is 2.25. The SMILES string of the molecule is CNC(=O)C1Cn2c(C)nnc2CN1C(=O)c1cc2c([nH]1)CCCC2. The second-order valence-corrected chi connectivity index (χ2v) is 6.73. The molecule has 8 nitrogen and oxygen atoms in total. The number of fused-ring (bicyclic) bond motifs is 2. The van der Waals surface area contributed by atoms with Crippen molar-refractivity contribution in [3.63, 3.8) is 0 Å². The van der Waals surface area contributed by atoms with Crippen LogP contribution in [0.2, 0.25) is 0 Å². The molecule has 0 fully saturated rings. The predicted molar refractivity (Wildman–Crippen MR) is 89.9 cm³/mol. The summed E-state index contributed by atoms with van der Waals surface area (Å²) in [7, 11) is 1.59. The molecule has 1 aliphatic heterocycles. The van der Waals surface area contributed by atoms with Crippen molar-refractivity contribution in [2.24, 2.45) is 0 Å². The maximum absolute atomic E-state index is 13.1. The fourth-order valence-corrected chi connectivity index (χ4v) is 3.79. The number of likely N-dealkylation sites (N-methyl/N-ethyl adjacent to an activating group) is 1. The van der Waals surface area contributed by atoms with Gasteiger partial charge in [0, 0.05) is 12.7 Å². The Hall–Kier alpha value is -2.64. The normalized spacial score (nSPS) is 19.3. The summed E-state index contributed by atoms with van der Waals surface area (Å²) in [6.07, 6.45) is 4.29. The van der Waals surface area contributed by atoms with E-state index in [4.69, 9.17) is 0 Å². The van der Waals surface area contributed by atoms with Gasteiger partial charge in [-0.25, -0.2) is 0 Å². The molecular weight excluding hydrogens is 320 g/mol. The standard InChI is InChI=1S/C17H22N6O2/c1-10-20-21-15-9-23(14(8-22(10)15)16(24)18-2)17(25)13-7-11-5-3-4-6-12(11)19-13/h7,14,19H,3-6,8-9H2,1-2H3,(H,18,24). The van der Waals surface area contributed by atoms with Crippen molar-refractivity contribution < 1.29 is 9.59 Å². The van der Waals surface area contributed by atoms with E-state index in [9.17, 15) is 9.59 Å². The van der Waals surface area contributed by atoms with E-state index >= 15 is 0 Å². The summed E-state index contributed by atoms with van der Waals surface area (Å²) in [4.78, 5) is 30.4. The quantitative estimate of drug-likeness (QED) is 0.834. The zero-order valence-electron chi connectivity index (χ0n) is 14.5. The van der Waals surface area contributed by atoms with Crippen LogP contribution in [0.4, 0.5) is 0 Å². The number of carbonyl (C=O) groups excluding carboxylic acids is 2. The van der Waals surface area contributed by atoms with E-state index in [0.717, 1.165) is 37.2 Å². The lowest BCUT2D eigenvalue weighted by molar-refractivity contribution is -0.126. The van der Waals surface area contributed by atoms with Gasteiger partial charge in [0.25, 0.3) is 5.91 Å². The Morgan fingerprint density at radius 3 is 2.84 bits per heavy atom. The molecule has 2 aliphatic rings. The Morgan fingerprint density at radius 1 is 1.28 bits per heavy atom. The van der Waals surface area contributed by atoms with Crippen molar-refractivity contribution in [3.05, 3.63) is 34.7 Å². The van der Waals surface area contributed by atoms with Crippen LogP contribution in [0.15, 0.2) is 6.07 Å². The summed E-state index contributed by atoms with van der Waals surface area (Å²) < 4.78 is 1.91. The van der Waals surface area contributed by atoms with Gasteiger partial charge in [0.2, 0.25) is 5.91 Å². The highest BCUT2D eigenvalue weighted by molar-refractivity contribution is 5.96. The molecule has 2 N–H and O–H groups in total. The summed E-state index contributed by atoms with van der Waals surface area (Å²) in [6.45, 7) is 2.51. The van der Waals surface area contributed by atoms with Gasteiger partial charge in [-0.3, -0.25) is 9.59 Å². The first kappa shape index (κ1) is 15.9. The van der Waals surface area contributed by atoms with E-state index in [1.54, 1.807) is 11.9 Å². The van der Waals surface area contributed by atoms with Crippen LogP contribution >= 0.6 is 0 Å². The van der Waals surface area contributed by atoms with Gasteiger partial charge < -0.3 is 19.8 Å². The van der Waals surface area contributed by atoms with Gasteiger partial charge in [-0.15, -0.1) is 10.2 Å². The lowest BCUT2D eigenvalue weighted by Gasteiger charge is -2.34.